The van der Waals surface area contributed by atoms with Crippen LogP contribution in [0.25, 0.3) is 22.4 Å². The molecule has 0 N–H and O–H groups in total. The number of halogens is 1. The fourth-order valence-electron chi connectivity index (χ4n) is 1.98. The Balaban J connectivity index is 2.20. The van der Waals surface area contributed by atoms with Gasteiger partial charge >= 0.3 is 0 Å². The summed E-state index contributed by atoms with van der Waals surface area (Å²) in [4.78, 5) is 23.9. The summed E-state index contributed by atoms with van der Waals surface area (Å²) in [6, 6.07) is 8.18. The minimum absolute atomic E-state index is 0.0467. The second kappa shape index (κ2) is 4.77. The fourth-order valence-corrected chi connectivity index (χ4v) is 1.98. The first-order valence-corrected chi connectivity index (χ1v) is 6.04. The van der Waals surface area contributed by atoms with E-state index >= 15 is 0 Å². The van der Waals surface area contributed by atoms with Crippen LogP contribution in [0.1, 0.15) is 17.3 Å². The molecule has 3 aromatic rings. The highest BCUT2D eigenvalue weighted by atomic mass is 19.1. The number of fused-ring (bicyclic) bond motifs is 1. The molecule has 0 unspecified atom stereocenters. The van der Waals surface area contributed by atoms with E-state index in [1.54, 1.807) is 30.5 Å². The van der Waals surface area contributed by atoms with Gasteiger partial charge in [-0.05, 0) is 31.2 Å². The zero-order valence-corrected chi connectivity index (χ0v) is 10.7. The smallest absolute Gasteiger partial charge is 0.178 e. The largest absolute Gasteiger partial charge is 0.294 e. The van der Waals surface area contributed by atoms with E-state index in [0.29, 0.717) is 16.9 Å². The average Bonchev–Trinajstić information content (AvgIpc) is 2.46. The van der Waals surface area contributed by atoms with Crippen molar-refractivity contribution in [2.24, 2.45) is 0 Å². The van der Waals surface area contributed by atoms with Crippen LogP contribution in [0.4, 0.5) is 4.39 Å². The molecular formula is C15H10FN3O. The number of hydrogen-bond donors (Lipinski definition) is 0. The molecule has 98 valence electrons. The average molecular weight is 267 g/mol. The van der Waals surface area contributed by atoms with Crippen molar-refractivity contribution < 1.29 is 9.18 Å². The van der Waals surface area contributed by atoms with E-state index in [-0.39, 0.29) is 16.9 Å². The molecule has 2 heterocycles. The summed E-state index contributed by atoms with van der Waals surface area (Å²) in [5.74, 6) is -0.902. The number of benzene rings is 1. The zero-order valence-electron chi connectivity index (χ0n) is 10.7. The lowest BCUT2D eigenvalue weighted by atomic mass is 10.0. The lowest BCUT2D eigenvalue weighted by molar-refractivity contribution is 0.101. The van der Waals surface area contributed by atoms with E-state index in [1.165, 1.54) is 19.2 Å². The maximum atomic E-state index is 14.3. The van der Waals surface area contributed by atoms with Crippen molar-refractivity contribution in [3.05, 3.63) is 54.1 Å². The van der Waals surface area contributed by atoms with E-state index < -0.39 is 5.82 Å². The molecule has 0 atom stereocenters. The molecule has 0 aliphatic rings. The van der Waals surface area contributed by atoms with Crippen molar-refractivity contribution in [3.8, 4) is 11.3 Å². The number of carbonyl (C=O) groups excluding carboxylic acids is 1. The molecule has 0 radical (unpaired) electrons. The van der Waals surface area contributed by atoms with Gasteiger partial charge in [0.15, 0.2) is 11.4 Å². The van der Waals surface area contributed by atoms with Crippen LogP contribution in [-0.2, 0) is 0 Å². The molecule has 2 aromatic heterocycles. The Labute approximate surface area is 114 Å². The second-order valence-electron chi connectivity index (χ2n) is 4.32. The first-order valence-electron chi connectivity index (χ1n) is 6.04. The Morgan fingerprint density at radius 3 is 2.80 bits per heavy atom. The van der Waals surface area contributed by atoms with E-state index in [9.17, 15) is 9.18 Å². The molecule has 1 aromatic carbocycles. The van der Waals surface area contributed by atoms with Gasteiger partial charge in [0, 0.05) is 11.8 Å². The molecule has 3 rings (SSSR count). The van der Waals surface area contributed by atoms with Crippen LogP contribution in [0.15, 0.2) is 42.7 Å². The second-order valence-corrected chi connectivity index (χ2v) is 4.32. The number of rotatable bonds is 2. The summed E-state index contributed by atoms with van der Waals surface area (Å²) in [7, 11) is 0. The third-order valence-corrected chi connectivity index (χ3v) is 2.97. The first kappa shape index (κ1) is 12.3. The summed E-state index contributed by atoms with van der Waals surface area (Å²) >= 11 is 0. The predicted molar refractivity (Wildman–Crippen MR) is 72.7 cm³/mol. The van der Waals surface area contributed by atoms with Crippen molar-refractivity contribution >= 4 is 16.9 Å². The third-order valence-electron chi connectivity index (χ3n) is 2.97. The lowest BCUT2D eigenvalue weighted by Crippen LogP contribution is -2.00. The number of nitrogens with zero attached hydrogens (tertiary/aromatic N) is 3. The minimum Gasteiger partial charge on any atom is -0.294 e. The summed E-state index contributed by atoms with van der Waals surface area (Å²) in [5.41, 5.74) is 1.73. The maximum Gasteiger partial charge on any atom is 0.178 e. The molecule has 5 heteroatoms. The summed E-state index contributed by atoms with van der Waals surface area (Å²) < 4.78 is 14.3. The molecule has 0 aliphatic heterocycles. The van der Waals surface area contributed by atoms with E-state index in [2.05, 4.69) is 15.0 Å². The first-order chi connectivity index (χ1) is 9.66. The highest BCUT2D eigenvalue weighted by Gasteiger charge is 2.14. The molecular weight excluding hydrogens is 257 g/mol. The van der Waals surface area contributed by atoms with E-state index in [1.807, 2.05) is 0 Å². The Bertz CT molecular complexity index is 817. The van der Waals surface area contributed by atoms with Gasteiger partial charge in [0.2, 0.25) is 0 Å². The van der Waals surface area contributed by atoms with Gasteiger partial charge in [-0.25, -0.2) is 14.4 Å². The Morgan fingerprint density at radius 2 is 2.00 bits per heavy atom. The van der Waals surface area contributed by atoms with Crippen LogP contribution in [0.2, 0.25) is 0 Å². The number of hydrogen-bond acceptors (Lipinski definition) is 4. The van der Waals surface area contributed by atoms with Crippen LogP contribution in [0.3, 0.4) is 0 Å². The van der Waals surface area contributed by atoms with Gasteiger partial charge < -0.3 is 0 Å². The SMILES string of the molecule is CC(=O)c1cccc(-c2cnc3cccnc3n2)c1F. The normalized spacial score (nSPS) is 10.7. The number of ketones is 1. The van der Waals surface area contributed by atoms with E-state index in [4.69, 9.17) is 0 Å². The van der Waals surface area contributed by atoms with Crippen molar-refractivity contribution in [1.29, 1.82) is 0 Å². The van der Waals surface area contributed by atoms with Gasteiger partial charge in [-0.15, -0.1) is 0 Å². The van der Waals surface area contributed by atoms with Crippen LogP contribution in [0, 0.1) is 5.82 Å². The van der Waals surface area contributed by atoms with E-state index in [0.717, 1.165) is 0 Å². The standard InChI is InChI=1S/C15H10FN3O/c1-9(20)10-4-2-5-11(14(10)16)13-8-18-12-6-3-7-17-15(12)19-13/h2-8H,1H3. The molecule has 4 nitrogen and oxygen atoms in total. The predicted octanol–water partition coefficient (Wildman–Crippen LogP) is 3.03. The highest BCUT2D eigenvalue weighted by Crippen LogP contribution is 2.24. The van der Waals surface area contributed by atoms with Crippen molar-refractivity contribution in [2.75, 3.05) is 0 Å². The molecule has 0 bridgehead atoms. The van der Waals surface area contributed by atoms with Crippen LogP contribution in [0.5, 0.6) is 0 Å². The molecule has 0 saturated carbocycles. The lowest BCUT2D eigenvalue weighted by Gasteiger charge is -2.06. The summed E-state index contributed by atoms with van der Waals surface area (Å²) in [6.45, 7) is 1.33. The van der Waals surface area contributed by atoms with Crippen LogP contribution in [-0.4, -0.2) is 20.7 Å². The monoisotopic (exact) mass is 267 g/mol. The Morgan fingerprint density at radius 1 is 1.15 bits per heavy atom. The van der Waals surface area contributed by atoms with Gasteiger partial charge in [-0.2, -0.15) is 0 Å². The molecule has 0 aliphatic carbocycles. The van der Waals surface area contributed by atoms with Crippen molar-refractivity contribution in [2.45, 2.75) is 6.92 Å². The zero-order chi connectivity index (χ0) is 14.1. The molecule has 20 heavy (non-hydrogen) atoms. The third kappa shape index (κ3) is 2.03. The van der Waals surface area contributed by atoms with Gasteiger partial charge in [0.05, 0.1) is 17.5 Å². The molecule has 0 spiro atoms. The topological polar surface area (TPSA) is 55.7 Å². The number of Topliss-reactive ketones (excluding diaryl/α,β-unsaturated/α-hetero) is 1. The fraction of sp³-hybridized carbons (Fsp3) is 0.0667. The molecule has 0 fully saturated rings. The van der Waals surface area contributed by atoms with Crippen LogP contribution < -0.4 is 0 Å². The van der Waals surface area contributed by atoms with Crippen molar-refractivity contribution in [1.82, 2.24) is 15.0 Å². The van der Waals surface area contributed by atoms with Crippen LogP contribution >= 0.6 is 0 Å². The minimum atomic E-state index is -0.579. The van der Waals surface area contributed by atoms with Crippen molar-refractivity contribution in [3.63, 3.8) is 0 Å². The summed E-state index contributed by atoms with van der Waals surface area (Å²) in [5, 5.41) is 0. The van der Waals surface area contributed by atoms with Gasteiger partial charge in [0.1, 0.15) is 11.3 Å². The highest BCUT2D eigenvalue weighted by molar-refractivity contribution is 5.95. The maximum absolute atomic E-state index is 14.3. The summed E-state index contributed by atoms with van der Waals surface area (Å²) in [6.07, 6.45) is 3.08. The van der Waals surface area contributed by atoms with Gasteiger partial charge in [-0.1, -0.05) is 6.07 Å². The Hall–Kier alpha value is -2.69. The van der Waals surface area contributed by atoms with Gasteiger partial charge in [-0.3, -0.25) is 9.78 Å². The Kier molecular flexibility index (Phi) is 2.95. The number of pyridine rings is 1. The number of aromatic nitrogens is 3. The number of carbonyl (C=O) groups is 1. The quantitative estimate of drug-likeness (QED) is 0.670. The van der Waals surface area contributed by atoms with Gasteiger partial charge in [0.25, 0.3) is 0 Å². The molecule has 0 amide bonds. The molecule has 0 saturated heterocycles.